The maximum Gasteiger partial charge on any atom is 0.336 e. The van der Waals surface area contributed by atoms with Gasteiger partial charge in [-0.3, -0.25) is 14.9 Å². The summed E-state index contributed by atoms with van der Waals surface area (Å²) < 4.78 is 21.2. The van der Waals surface area contributed by atoms with Crippen molar-refractivity contribution in [2.75, 3.05) is 34.5 Å². The molecule has 0 bridgehead atoms. The number of carbonyl (C=O) groups excluding carboxylic acids is 2. The lowest BCUT2D eigenvalue weighted by molar-refractivity contribution is -0.384. The standard InChI is InChI=1S/C28H30N2O8/c1-16-25(28(32)38-11-10-35-2)26(18-6-5-7-20(12-18)30(33)34)27-21(29-16)13-19(14-22(27)31)17-8-9-23(36-3)24(15-17)37-4/h5-9,12,15,19,26,29H,10-11,13-14H2,1-4H3/t19-,26-/m1/s1. The zero-order valence-electron chi connectivity index (χ0n) is 21.7. The quantitative estimate of drug-likeness (QED) is 0.223. The van der Waals surface area contributed by atoms with Crippen LogP contribution in [0.4, 0.5) is 5.69 Å². The number of benzene rings is 2. The molecule has 10 nitrogen and oxygen atoms in total. The fourth-order valence-corrected chi connectivity index (χ4v) is 5.10. The van der Waals surface area contributed by atoms with E-state index >= 15 is 0 Å². The highest BCUT2D eigenvalue weighted by atomic mass is 16.6. The molecule has 38 heavy (non-hydrogen) atoms. The minimum absolute atomic E-state index is 0.0367. The summed E-state index contributed by atoms with van der Waals surface area (Å²) in [6, 6.07) is 11.6. The Labute approximate surface area is 220 Å². The molecule has 1 N–H and O–H groups in total. The van der Waals surface area contributed by atoms with Crippen molar-refractivity contribution in [1.82, 2.24) is 5.32 Å². The number of nitro benzene ring substituents is 1. The predicted molar refractivity (Wildman–Crippen MR) is 138 cm³/mol. The van der Waals surface area contributed by atoms with Crippen molar-refractivity contribution in [1.29, 1.82) is 0 Å². The van der Waals surface area contributed by atoms with Gasteiger partial charge in [0.05, 0.1) is 31.3 Å². The van der Waals surface area contributed by atoms with Crippen LogP contribution in [0, 0.1) is 10.1 Å². The molecule has 0 spiro atoms. The van der Waals surface area contributed by atoms with Crippen molar-refractivity contribution >= 4 is 17.4 Å². The number of dihydropyridines is 1. The molecule has 0 amide bonds. The van der Waals surface area contributed by atoms with E-state index in [1.54, 1.807) is 33.3 Å². The molecule has 1 heterocycles. The number of ether oxygens (including phenoxy) is 4. The maximum absolute atomic E-state index is 13.7. The summed E-state index contributed by atoms with van der Waals surface area (Å²) in [5, 5.41) is 14.8. The lowest BCUT2D eigenvalue weighted by Gasteiger charge is -2.36. The fraction of sp³-hybridized carbons (Fsp3) is 0.357. The number of rotatable bonds is 9. The number of Topliss-reactive ketones (excluding diaryl/α,β-unsaturated/α-hetero) is 1. The van der Waals surface area contributed by atoms with Crippen molar-refractivity contribution in [3.8, 4) is 11.5 Å². The number of methoxy groups -OCH3 is 3. The lowest BCUT2D eigenvalue weighted by Crippen LogP contribution is -2.36. The van der Waals surface area contributed by atoms with Crippen molar-refractivity contribution < 1.29 is 33.5 Å². The Morgan fingerprint density at radius 2 is 1.79 bits per heavy atom. The average Bonchev–Trinajstić information content (AvgIpc) is 2.91. The first-order valence-corrected chi connectivity index (χ1v) is 12.1. The van der Waals surface area contributed by atoms with E-state index in [2.05, 4.69) is 5.32 Å². The molecule has 0 unspecified atom stereocenters. The van der Waals surface area contributed by atoms with E-state index in [9.17, 15) is 19.7 Å². The van der Waals surface area contributed by atoms with Crippen LogP contribution in [0.3, 0.4) is 0 Å². The summed E-state index contributed by atoms with van der Waals surface area (Å²) in [7, 11) is 4.62. The molecule has 4 rings (SSSR count). The number of hydrogen-bond donors (Lipinski definition) is 1. The number of hydrogen-bond acceptors (Lipinski definition) is 9. The van der Waals surface area contributed by atoms with Crippen molar-refractivity contribution in [3.05, 3.63) is 86.2 Å². The summed E-state index contributed by atoms with van der Waals surface area (Å²) in [4.78, 5) is 38.0. The number of allylic oxidation sites excluding steroid dienone is 3. The number of non-ortho nitro benzene ring substituents is 1. The summed E-state index contributed by atoms with van der Waals surface area (Å²) >= 11 is 0. The van der Waals surface area contributed by atoms with E-state index in [1.807, 2.05) is 18.2 Å². The Kier molecular flexibility index (Phi) is 8.11. The number of ketones is 1. The summed E-state index contributed by atoms with van der Waals surface area (Å²) in [6.07, 6.45) is 0.706. The zero-order chi connectivity index (χ0) is 27.4. The van der Waals surface area contributed by atoms with Crippen LogP contribution in [-0.4, -0.2) is 51.2 Å². The highest BCUT2D eigenvalue weighted by molar-refractivity contribution is 6.04. The number of nitrogens with one attached hydrogen (secondary N) is 1. The van der Waals surface area contributed by atoms with Crippen LogP contribution in [0.2, 0.25) is 0 Å². The molecule has 0 radical (unpaired) electrons. The molecule has 2 aliphatic rings. The van der Waals surface area contributed by atoms with Gasteiger partial charge in [0.25, 0.3) is 5.69 Å². The minimum Gasteiger partial charge on any atom is -0.493 e. The maximum atomic E-state index is 13.7. The molecule has 2 aromatic carbocycles. The molecule has 2 aromatic rings. The normalized spacial score (nSPS) is 19.0. The molecule has 2 atom stereocenters. The van der Waals surface area contributed by atoms with Gasteiger partial charge in [0, 0.05) is 48.5 Å². The number of nitrogens with zero attached hydrogens (tertiary/aromatic N) is 1. The van der Waals surface area contributed by atoms with Crippen LogP contribution >= 0.6 is 0 Å². The van der Waals surface area contributed by atoms with Crippen LogP contribution in [0.15, 0.2) is 65.0 Å². The Morgan fingerprint density at radius 3 is 2.47 bits per heavy atom. The van der Waals surface area contributed by atoms with E-state index in [4.69, 9.17) is 18.9 Å². The topological polar surface area (TPSA) is 126 Å². The van der Waals surface area contributed by atoms with Crippen molar-refractivity contribution in [2.24, 2.45) is 0 Å². The third-order valence-corrected chi connectivity index (χ3v) is 6.86. The molecule has 200 valence electrons. The Balaban J connectivity index is 1.77. The van der Waals surface area contributed by atoms with Gasteiger partial charge in [-0.2, -0.15) is 0 Å². The molecule has 0 aromatic heterocycles. The number of nitro groups is 1. The van der Waals surface area contributed by atoms with Gasteiger partial charge < -0.3 is 24.3 Å². The van der Waals surface area contributed by atoms with E-state index in [0.717, 1.165) is 5.56 Å². The van der Waals surface area contributed by atoms with Crippen LogP contribution in [0.5, 0.6) is 11.5 Å². The lowest BCUT2D eigenvalue weighted by atomic mass is 9.71. The van der Waals surface area contributed by atoms with Crippen molar-refractivity contribution in [2.45, 2.75) is 31.6 Å². The first kappa shape index (κ1) is 26.9. The third kappa shape index (κ3) is 5.26. The molecule has 10 heteroatoms. The minimum atomic E-state index is -0.806. The second kappa shape index (κ2) is 11.5. The third-order valence-electron chi connectivity index (χ3n) is 6.86. The Morgan fingerprint density at radius 1 is 1.03 bits per heavy atom. The second-order valence-electron chi connectivity index (χ2n) is 9.11. The molecular formula is C28H30N2O8. The molecule has 0 saturated carbocycles. The van der Waals surface area contributed by atoms with Crippen LogP contribution < -0.4 is 14.8 Å². The van der Waals surface area contributed by atoms with Gasteiger partial charge in [0.15, 0.2) is 17.3 Å². The smallest absolute Gasteiger partial charge is 0.336 e. The van der Waals surface area contributed by atoms with Crippen LogP contribution in [0.1, 0.15) is 42.7 Å². The number of esters is 1. The second-order valence-corrected chi connectivity index (χ2v) is 9.11. The summed E-state index contributed by atoms with van der Waals surface area (Å²) in [5.41, 5.74) is 3.16. The summed E-state index contributed by atoms with van der Waals surface area (Å²) in [6.45, 7) is 1.99. The van der Waals surface area contributed by atoms with Gasteiger partial charge in [-0.1, -0.05) is 18.2 Å². The average molecular weight is 523 g/mol. The van der Waals surface area contributed by atoms with E-state index in [0.29, 0.717) is 40.5 Å². The number of carbonyl (C=O) groups is 2. The van der Waals surface area contributed by atoms with E-state index < -0.39 is 16.8 Å². The highest BCUT2D eigenvalue weighted by Gasteiger charge is 2.42. The molecule has 0 fully saturated rings. The first-order valence-electron chi connectivity index (χ1n) is 12.1. The van der Waals surface area contributed by atoms with Gasteiger partial charge in [0.1, 0.15) is 6.61 Å². The highest BCUT2D eigenvalue weighted by Crippen LogP contribution is 2.46. The van der Waals surface area contributed by atoms with Gasteiger partial charge in [-0.25, -0.2) is 4.79 Å². The fourth-order valence-electron chi connectivity index (χ4n) is 5.10. The van der Waals surface area contributed by atoms with Crippen LogP contribution in [-0.2, 0) is 19.1 Å². The largest absolute Gasteiger partial charge is 0.493 e. The van der Waals surface area contributed by atoms with Crippen molar-refractivity contribution in [3.63, 3.8) is 0 Å². The van der Waals surface area contributed by atoms with Gasteiger partial charge in [-0.15, -0.1) is 0 Å². The Hall–Kier alpha value is -4.18. The molecule has 1 aliphatic heterocycles. The molecular weight excluding hydrogens is 492 g/mol. The predicted octanol–water partition coefficient (Wildman–Crippen LogP) is 4.16. The Bertz CT molecular complexity index is 1330. The molecule has 1 aliphatic carbocycles. The molecule has 0 saturated heterocycles. The monoisotopic (exact) mass is 522 g/mol. The van der Waals surface area contributed by atoms with Gasteiger partial charge in [0.2, 0.25) is 0 Å². The zero-order valence-corrected chi connectivity index (χ0v) is 21.7. The van der Waals surface area contributed by atoms with Gasteiger partial charge in [-0.05, 0) is 42.5 Å². The van der Waals surface area contributed by atoms with E-state index in [-0.39, 0.29) is 42.6 Å². The van der Waals surface area contributed by atoms with Crippen LogP contribution in [0.25, 0.3) is 0 Å². The SMILES string of the molecule is COCCOC(=O)C1=C(C)NC2=C(C(=O)C[C@H](c3ccc(OC)c(OC)c3)C2)[C@@H]1c1cccc([N+](=O)[O-])c1. The van der Waals surface area contributed by atoms with Gasteiger partial charge >= 0.3 is 5.97 Å². The first-order chi connectivity index (χ1) is 18.3. The summed E-state index contributed by atoms with van der Waals surface area (Å²) in [5.74, 6) is -0.535. The van der Waals surface area contributed by atoms with E-state index in [1.165, 1.54) is 19.2 Å².